The van der Waals surface area contributed by atoms with Crippen molar-refractivity contribution >= 4 is 11.6 Å². The Balaban J connectivity index is 2.05. The van der Waals surface area contributed by atoms with E-state index in [0.717, 1.165) is 12.3 Å². The number of para-hydroxylation sites is 1. The van der Waals surface area contributed by atoms with Gasteiger partial charge in [-0.3, -0.25) is 10.6 Å². The summed E-state index contributed by atoms with van der Waals surface area (Å²) in [7, 11) is 0. The predicted octanol–water partition coefficient (Wildman–Crippen LogP) is 2.53. The second-order valence-corrected chi connectivity index (χ2v) is 5.37. The van der Waals surface area contributed by atoms with E-state index in [2.05, 4.69) is 24.6 Å². The molecule has 3 atom stereocenters. The van der Waals surface area contributed by atoms with Crippen molar-refractivity contribution in [3.05, 3.63) is 29.8 Å². The molecule has 0 spiro atoms. The van der Waals surface area contributed by atoms with Gasteiger partial charge in [0.05, 0.1) is 11.3 Å². The third-order valence-corrected chi connectivity index (χ3v) is 4.39. The average molecular weight is 261 g/mol. The fraction of sp³-hybridized carbons (Fsp3) is 0.533. The second-order valence-electron chi connectivity index (χ2n) is 5.37. The zero-order chi connectivity index (χ0) is 13.8. The molecule has 19 heavy (non-hydrogen) atoms. The summed E-state index contributed by atoms with van der Waals surface area (Å²) >= 11 is 0. The van der Waals surface area contributed by atoms with Gasteiger partial charge in [0.15, 0.2) is 0 Å². The zero-order valence-electron chi connectivity index (χ0n) is 11.6. The summed E-state index contributed by atoms with van der Waals surface area (Å²) in [6.07, 6.45) is 3.47. The van der Waals surface area contributed by atoms with Crippen LogP contribution in [0.25, 0.3) is 0 Å². The molecule has 0 aromatic heterocycles. The van der Waals surface area contributed by atoms with Crippen LogP contribution < -0.4 is 16.6 Å². The number of nitrogens with one attached hydrogen (secondary N) is 2. The van der Waals surface area contributed by atoms with Crippen molar-refractivity contribution in [2.24, 2.45) is 17.7 Å². The number of hydrazine groups is 1. The molecule has 0 bridgehead atoms. The third-order valence-electron chi connectivity index (χ3n) is 4.39. The van der Waals surface area contributed by atoms with Gasteiger partial charge in [0.25, 0.3) is 5.91 Å². The summed E-state index contributed by atoms with van der Waals surface area (Å²) in [5, 5.41) is 3.15. The Morgan fingerprint density at radius 2 is 2.11 bits per heavy atom. The van der Waals surface area contributed by atoms with Gasteiger partial charge in [-0.1, -0.05) is 32.4 Å². The van der Waals surface area contributed by atoms with Crippen LogP contribution in [0.5, 0.6) is 0 Å². The third kappa shape index (κ3) is 2.89. The largest absolute Gasteiger partial charge is 0.349 e. The first-order valence-electron chi connectivity index (χ1n) is 7.03. The summed E-state index contributed by atoms with van der Waals surface area (Å²) in [5.41, 5.74) is 3.84. The topological polar surface area (TPSA) is 67.2 Å². The lowest BCUT2D eigenvalue weighted by atomic mass is 9.93. The van der Waals surface area contributed by atoms with Crippen LogP contribution in [-0.4, -0.2) is 11.9 Å². The number of hydrogen-bond acceptors (Lipinski definition) is 3. The van der Waals surface area contributed by atoms with E-state index in [1.54, 1.807) is 6.07 Å². The van der Waals surface area contributed by atoms with Gasteiger partial charge >= 0.3 is 0 Å². The monoisotopic (exact) mass is 261 g/mol. The van der Waals surface area contributed by atoms with Crippen LogP contribution in [0.2, 0.25) is 0 Å². The number of nitrogens with two attached hydrogens (primary N) is 1. The highest BCUT2D eigenvalue weighted by molar-refractivity contribution is 5.99. The lowest BCUT2D eigenvalue weighted by Gasteiger charge is -2.21. The van der Waals surface area contributed by atoms with E-state index in [1.165, 1.54) is 12.8 Å². The minimum absolute atomic E-state index is 0.0397. The quantitative estimate of drug-likeness (QED) is 0.576. The normalized spacial score (nSPS) is 26.2. The highest BCUT2D eigenvalue weighted by Crippen LogP contribution is 2.34. The van der Waals surface area contributed by atoms with Gasteiger partial charge in [-0.25, -0.2) is 0 Å². The Kier molecular flexibility index (Phi) is 4.43. The Bertz CT molecular complexity index is 447. The van der Waals surface area contributed by atoms with Crippen LogP contribution in [0.4, 0.5) is 5.69 Å². The molecule has 1 amide bonds. The van der Waals surface area contributed by atoms with Gasteiger partial charge < -0.3 is 10.7 Å². The molecule has 1 aliphatic carbocycles. The molecular weight excluding hydrogens is 238 g/mol. The fourth-order valence-corrected chi connectivity index (χ4v) is 3.08. The van der Waals surface area contributed by atoms with Gasteiger partial charge in [-0.2, -0.15) is 0 Å². The van der Waals surface area contributed by atoms with E-state index >= 15 is 0 Å². The number of carbonyl (C=O) groups is 1. The molecule has 104 valence electrons. The smallest absolute Gasteiger partial charge is 0.253 e. The molecule has 0 saturated heterocycles. The Morgan fingerprint density at radius 3 is 2.74 bits per heavy atom. The van der Waals surface area contributed by atoms with Crippen LogP contribution >= 0.6 is 0 Å². The minimum Gasteiger partial charge on any atom is -0.349 e. The maximum Gasteiger partial charge on any atom is 0.253 e. The first-order chi connectivity index (χ1) is 9.17. The van der Waals surface area contributed by atoms with Crippen LogP contribution in [0.1, 0.15) is 43.5 Å². The summed E-state index contributed by atoms with van der Waals surface area (Å²) in [4.78, 5) is 12.3. The van der Waals surface area contributed by atoms with Crippen molar-refractivity contribution < 1.29 is 4.79 Å². The van der Waals surface area contributed by atoms with E-state index in [1.807, 2.05) is 18.2 Å². The molecule has 4 nitrogen and oxygen atoms in total. The molecule has 4 heteroatoms. The van der Waals surface area contributed by atoms with E-state index in [9.17, 15) is 4.79 Å². The van der Waals surface area contributed by atoms with E-state index in [-0.39, 0.29) is 11.9 Å². The van der Waals surface area contributed by atoms with E-state index in [4.69, 9.17) is 5.84 Å². The summed E-state index contributed by atoms with van der Waals surface area (Å²) in [6, 6.07) is 7.59. The summed E-state index contributed by atoms with van der Waals surface area (Å²) in [6.45, 7) is 4.46. The van der Waals surface area contributed by atoms with Crippen molar-refractivity contribution in [3.63, 3.8) is 0 Å². The highest BCUT2D eigenvalue weighted by atomic mass is 16.1. The molecule has 1 aromatic rings. The number of hydrogen-bond donors (Lipinski definition) is 3. The number of rotatable bonds is 4. The molecule has 4 N–H and O–H groups in total. The van der Waals surface area contributed by atoms with Crippen molar-refractivity contribution in [1.82, 2.24) is 5.32 Å². The van der Waals surface area contributed by atoms with Crippen molar-refractivity contribution in [3.8, 4) is 0 Å². The van der Waals surface area contributed by atoms with Crippen LogP contribution in [-0.2, 0) is 0 Å². The maximum absolute atomic E-state index is 12.3. The Hall–Kier alpha value is -1.55. The number of benzene rings is 1. The van der Waals surface area contributed by atoms with E-state index < -0.39 is 0 Å². The van der Waals surface area contributed by atoms with Gasteiger partial charge in [0.1, 0.15) is 0 Å². The number of amides is 1. The van der Waals surface area contributed by atoms with Crippen LogP contribution in [0.15, 0.2) is 24.3 Å². The highest BCUT2D eigenvalue weighted by Gasteiger charge is 2.32. The molecule has 2 rings (SSSR count). The maximum atomic E-state index is 12.3. The zero-order valence-corrected chi connectivity index (χ0v) is 11.6. The first kappa shape index (κ1) is 13.9. The van der Waals surface area contributed by atoms with Gasteiger partial charge in [0, 0.05) is 6.04 Å². The molecule has 0 aliphatic heterocycles. The summed E-state index contributed by atoms with van der Waals surface area (Å²) < 4.78 is 0. The molecule has 1 aliphatic rings. The molecular formula is C15H23N3O. The fourth-order valence-electron chi connectivity index (χ4n) is 3.08. The van der Waals surface area contributed by atoms with Gasteiger partial charge in [-0.05, 0) is 36.8 Å². The van der Waals surface area contributed by atoms with E-state index in [0.29, 0.717) is 17.2 Å². The Labute approximate surface area is 114 Å². The average Bonchev–Trinajstić information content (AvgIpc) is 2.79. The van der Waals surface area contributed by atoms with Crippen LogP contribution in [0, 0.1) is 11.8 Å². The number of carbonyl (C=O) groups excluding carboxylic acids is 1. The number of nitrogen functional groups attached to an aromatic ring is 1. The summed E-state index contributed by atoms with van der Waals surface area (Å²) in [5.74, 6) is 6.68. The molecule has 1 aromatic carbocycles. The standard InChI is InChI=1S/C15H23N3O/c1-3-11-8-9-13(10(11)2)17-15(19)12-6-4-5-7-14(12)18-16/h4-7,10-11,13,18H,3,8-9,16H2,1-2H3,(H,17,19). The van der Waals surface area contributed by atoms with Gasteiger partial charge in [0.2, 0.25) is 0 Å². The lowest BCUT2D eigenvalue weighted by molar-refractivity contribution is 0.0927. The van der Waals surface area contributed by atoms with Gasteiger partial charge in [-0.15, -0.1) is 0 Å². The second kappa shape index (κ2) is 6.06. The molecule has 3 unspecified atom stereocenters. The van der Waals surface area contributed by atoms with Crippen LogP contribution in [0.3, 0.4) is 0 Å². The molecule has 1 saturated carbocycles. The van der Waals surface area contributed by atoms with Crippen molar-refractivity contribution in [2.45, 2.75) is 39.2 Å². The van der Waals surface area contributed by atoms with Crippen molar-refractivity contribution in [2.75, 3.05) is 5.43 Å². The number of anilines is 1. The lowest BCUT2D eigenvalue weighted by Crippen LogP contribution is -2.38. The minimum atomic E-state index is -0.0397. The molecule has 0 heterocycles. The SMILES string of the molecule is CCC1CCC(NC(=O)c2ccccc2NN)C1C. The first-order valence-corrected chi connectivity index (χ1v) is 7.03. The van der Waals surface area contributed by atoms with Crippen molar-refractivity contribution in [1.29, 1.82) is 0 Å². The molecule has 0 radical (unpaired) electrons. The predicted molar refractivity (Wildman–Crippen MR) is 77.7 cm³/mol. The molecule has 1 fully saturated rings. The Morgan fingerprint density at radius 1 is 1.37 bits per heavy atom.